The smallest absolute Gasteiger partial charge is 0.187 e. The van der Waals surface area contributed by atoms with Crippen molar-refractivity contribution in [2.24, 2.45) is 7.05 Å². The van der Waals surface area contributed by atoms with Gasteiger partial charge in [-0.15, -0.1) is 0 Å². The zero-order valence-corrected chi connectivity index (χ0v) is 10.7. The molecule has 0 spiro atoms. The number of aryl methyl sites for hydroxylation is 3. The Balaban J connectivity index is 2.33. The van der Waals surface area contributed by atoms with Crippen LogP contribution in [-0.2, 0) is 19.9 Å². The predicted octanol–water partition coefficient (Wildman–Crippen LogP) is 2.22. The van der Waals surface area contributed by atoms with Gasteiger partial charge in [0.05, 0.1) is 17.1 Å². The summed E-state index contributed by atoms with van der Waals surface area (Å²) in [5, 5.41) is 7.26. The third-order valence-electron chi connectivity index (χ3n) is 2.69. The second kappa shape index (κ2) is 5.12. The minimum atomic E-state index is -0.397. The van der Waals surface area contributed by atoms with Crippen molar-refractivity contribution in [1.82, 2.24) is 19.7 Å². The molecule has 2 aromatic heterocycles. The first-order chi connectivity index (χ1) is 8.65. The van der Waals surface area contributed by atoms with E-state index in [4.69, 9.17) is 0 Å². The molecule has 0 bridgehead atoms. The lowest BCUT2D eigenvalue weighted by atomic mass is 10.2. The van der Waals surface area contributed by atoms with Crippen LogP contribution >= 0.6 is 0 Å². The Bertz CT molecular complexity index is 549. The lowest BCUT2D eigenvalue weighted by molar-refractivity contribution is 0.598. The Morgan fingerprint density at radius 3 is 2.61 bits per heavy atom. The molecule has 6 heteroatoms. The molecule has 2 rings (SSSR count). The van der Waals surface area contributed by atoms with Crippen molar-refractivity contribution < 1.29 is 4.39 Å². The molecule has 0 radical (unpaired) electrons. The Morgan fingerprint density at radius 2 is 1.94 bits per heavy atom. The van der Waals surface area contributed by atoms with Crippen molar-refractivity contribution in [3.05, 3.63) is 29.7 Å². The fourth-order valence-electron chi connectivity index (χ4n) is 1.77. The van der Waals surface area contributed by atoms with Gasteiger partial charge in [0.2, 0.25) is 0 Å². The fraction of sp³-hybridized carbons (Fsp3) is 0.417. The van der Waals surface area contributed by atoms with E-state index in [1.807, 2.05) is 27.1 Å². The molecule has 0 atom stereocenters. The van der Waals surface area contributed by atoms with Gasteiger partial charge in [-0.05, 0) is 12.8 Å². The maximum atomic E-state index is 14.0. The lowest BCUT2D eigenvalue weighted by Crippen LogP contribution is -2.03. The molecule has 1 N–H and O–H groups in total. The number of nitrogens with one attached hydrogen (secondary N) is 1. The summed E-state index contributed by atoms with van der Waals surface area (Å²) in [6.45, 7) is 3.86. The van der Waals surface area contributed by atoms with Gasteiger partial charge in [0.15, 0.2) is 11.6 Å². The molecule has 96 valence electrons. The Hall–Kier alpha value is -1.98. The van der Waals surface area contributed by atoms with Crippen molar-refractivity contribution in [2.45, 2.75) is 26.7 Å². The number of hydrogen-bond donors (Lipinski definition) is 1. The van der Waals surface area contributed by atoms with Crippen LogP contribution in [0, 0.1) is 5.82 Å². The summed E-state index contributed by atoms with van der Waals surface area (Å²) in [6, 6.07) is 0. The molecule has 0 unspecified atom stereocenters. The van der Waals surface area contributed by atoms with Crippen LogP contribution in [-0.4, -0.2) is 19.7 Å². The Labute approximate surface area is 105 Å². The van der Waals surface area contributed by atoms with E-state index in [9.17, 15) is 4.39 Å². The summed E-state index contributed by atoms with van der Waals surface area (Å²) in [5.41, 5.74) is 2.07. The van der Waals surface area contributed by atoms with Crippen LogP contribution in [0.15, 0.2) is 12.5 Å². The SMILES string of the molecule is CCc1nn(C)cc1Nc1ncnc(CC)c1F. The maximum absolute atomic E-state index is 14.0. The Morgan fingerprint density at radius 1 is 1.22 bits per heavy atom. The molecule has 0 aliphatic carbocycles. The van der Waals surface area contributed by atoms with Gasteiger partial charge >= 0.3 is 0 Å². The monoisotopic (exact) mass is 249 g/mol. The van der Waals surface area contributed by atoms with Crippen molar-refractivity contribution in [1.29, 1.82) is 0 Å². The van der Waals surface area contributed by atoms with E-state index in [2.05, 4.69) is 20.4 Å². The van der Waals surface area contributed by atoms with Crippen molar-refractivity contribution >= 4 is 11.5 Å². The molecular weight excluding hydrogens is 233 g/mol. The molecule has 0 aliphatic heterocycles. The highest BCUT2D eigenvalue weighted by Crippen LogP contribution is 2.21. The molecule has 2 aromatic rings. The summed E-state index contributed by atoms with van der Waals surface area (Å²) in [6.07, 6.45) is 4.49. The number of hydrogen-bond acceptors (Lipinski definition) is 4. The van der Waals surface area contributed by atoms with E-state index < -0.39 is 5.82 Å². The molecule has 0 saturated heterocycles. The molecule has 0 aromatic carbocycles. The normalized spacial score (nSPS) is 10.7. The van der Waals surface area contributed by atoms with Crippen LogP contribution in [0.5, 0.6) is 0 Å². The number of anilines is 2. The van der Waals surface area contributed by atoms with Gasteiger partial charge in [0.1, 0.15) is 6.33 Å². The van der Waals surface area contributed by atoms with E-state index in [1.54, 1.807) is 4.68 Å². The van der Waals surface area contributed by atoms with Gasteiger partial charge in [-0.25, -0.2) is 14.4 Å². The van der Waals surface area contributed by atoms with Gasteiger partial charge in [-0.1, -0.05) is 13.8 Å². The van der Waals surface area contributed by atoms with E-state index >= 15 is 0 Å². The van der Waals surface area contributed by atoms with Crippen LogP contribution in [0.3, 0.4) is 0 Å². The quantitative estimate of drug-likeness (QED) is 0.902. The van der Waals surface area contributed by atoms with Crippen LogP contribution < -0.4 is 5.32 Å². The minimum absolute atomic E-state index is 0.199. The number of rotatable bonds is 4. The van der Waals surface area contributed by atoms with Crippen molar-refractivity contribution in [3.8, 4) is 0 Å². The summed E-state index contributed by atoms with van der Waals surface area (Å²) in [5.74, 6) is -0.199. The molecule has 2 heterocycles. The maximum Gasteiger partial charge on any atom is 0.187 e. The molecule has 0 saturated carbocycles. The first-order valence-electron chi connectivity index (χ1n) is 5.94. The summed E-state index contributed by atoms with van der Waals surface area (Å²) in [7, 11) is 1.83. The zero-order valence-electron chi connectivity index (χ0n) is 10.7. The average Bonchev–Trinajstić information content (AvgIpc) is 2.72. The molecule has 18 heavy (non-hydrogen) atoms. The van der Waals surface area contributed by atoms with Crippen molar-refractivity contribution in [2.75, 3.05) is 5.32 Å². The third kappa shape index (κ3) is 2.32. The lowest BCUT2D eigenvalue weighted by Gasteiger charge is -2.07. The number of nitrogens with zero attached hydrogens (tertiary/aromatic N) is 4. The first-order valence-corrected chi connectivity index (χ1v) is 5.94. The minimum Gasteiger partial charge on any atom is -0.335 e. The molecule has 0 fully saturated rings. The Kier molecular flexibility index (Phi) is 3.55. The molecule has 0 aliphatic rings. The molecular formula is C12H16FN5. The van der Waals surface area contributed by atoms with Crippen molar-refractivity contribution in [3.63, 3.8) is 0 Å². The highest BCUT2D eigenvalue weighted by molar-refractivity contribution is 5.58. The second-order valence-corrected chi connectivity index (χ2v) is 3.98. The standard InChI is InChI=1S/C12H16FN5/c1-4-8-10(6-18(3)17-8)16-12-11(13)9(5-2)14-7-15-12/h6-7H,4-5H2,1-3H3,(H,14,15,16). The fourth-order valence-corrected chi connectivity index (χ4v) is 1.77. The predicted molar refractivity (Wildman–Crippen MR) is 67.2 cm³/mol. The highest BCUT2D eigenvalue weighted by atomic mass is 19.1. The first kappa shape index (κ1) is 12.5. The van der Waals surface area contributed by atoms with Gasteiger partial charge in [-0.3, -0.25) is 4.68 Å². The molecule has 5 nitrogen and oxygen atoms in total. The van der Waals surface area contributed by atoms with Crippen LogP contribution in [0.2, 0.25) is 0 Å². The van der Waals surface area contributed by atoms with E-state index in [1.165, 1.54) is 6.33 Å². The zero-order chi connectivity index (χ0) is 13.1. The van der Waals surface area contributed by atoms with Crippen LogP contribution in [0.1, 0.15) is 25.2 Å². The van der Waals surface area contributed by atoms with E-state index in [0.717, 1.165) is 17.8 Å². The van der Waals surface area contributed by atoms with E-state index in [-0.39, 0.29) is 5.82 Å². The average molecular weight is 249 g/mol. The second-order valence-electron chi connectivity index (χ2n) is 3.98. The number of halogens is 1. The number of aromatic nitrogens is 4. The van der Waals surface area contributed by atoms with Gasteiger partial charge in [0.25, 0.3) is 0 Å². The van der Waals surface area contributed by atoms with Crippen LogP contribution in [0.4, 0.5) is 15.9 Å². The van der Waals surface area contributed by atoms with E-state index in [0.29, 0.717) is 12.1 Å². The topological polar surface area (TPSA) is 55.6 Å². The largest absolute Gasteiger partial charge is 0.335 e. The van der Waals surface area contributed by atoms with Gasteiger partial charge in [0, 0.05) is 13.2 Å². The summed E-state index contributed by atoms with van der Waals surface area (Å²) < 4.78 is 15.7. The van der Waals surface area contributed by atoms with Crippen LogP contribution in [0.25, 0.3) is 0 Å². The van der Waals surface area contributed by atoms with Gasteiger partial charge in [-0.2, -0.15) is 5.10 Å². The van der Waals surface area contributed by atoms with Gasteiger partial charge < -0.3 is 5.32 Å². The molecule has 0 amide bonds. The summed E-state index contributed by atoms with van der Waals surface area (Å²) >= 11 is 0. The summed E-state index contributed by atoms with van der Waals surface area (Å²) in [4.78, 5) is 7.83. The highest BCUT2D eigenvalue weighted by Gasteiger charge is 2.12. The third-order valence-corrected chi connectivity index (χ3v) is 2.69.